The highest BCUT2D eigenvalue weighted by atomic mass is 32.1. The lowest BCUT2D eigenvalue weighted by molar-refractivity contribution is -0.0642. The number of hydrogen-bond acceptors (Lipinski definition) is 6. The van der Waals surface area contributed by atoms with Crippen LogP contribution in [0, 0.1) is 0 Å². The van der Waals surface area contributed by atoms with Crippen LogP contribution in [0.15, 0.2) is 0 Å². The van der Waals surface area contributed by atoms with Crippen molar-refractivity contribution >= 4 is 17.3 Å². The number of rotatable bonds is 19. The van der Waals surface area contributed by atoms with Crippen molar-refractivity contribution in [3.63, 3.8) is 0 Å². The van der Waals surface area contributed by atoms with Gasteiger partial charge in [-0.25, -0.2) is 0 Å². The van der Waals surface area contributed by atoms with E-state index in [1.54, 1.807) is 0 Å². The zero-order valence-corrected chi connectivity index (χ0v) is 19.9. The molecule has 1 rings (SSSR count). The Labute approximate surface area is 189 Å². The molecule has 0 saturated carbocycles. The Morgan fingerprint density at radius 3 is 1.83 bits per heavy atom. The molecule has 0 bridgehead atoms. The van der Waals surface area contributed by atoms with Crippen LogP contribution in [-0.4, -0.2) is 58.0 Å². The SMILES string of the molecule is CCCCCCCCCCCCCCCCCC(=S)O[C@@H]1[C@H]([C@H](O)CO)OC[C@@H]1O. The van der Waals surface area contributed by atoms with Gasteiger partial charge in [0.1, 0.15) is 18.3 Å². The van der Waals surface area contributed by atoms with E-state index < -0.39 is 31.0 Å². The predicted octanol–water partition coefficient (Wildman–Crippen LogP) is 5.07. The van der Waals surface area contributed by atoms with Crippen LogP contribution in [0.3, 0.4) is 0 Å². The third-order valence-electron chi connectivity index (χ3n) is 5.98. The fraction of sp³-hybridized carbons (Fsp3) is 0.958. The van der Waals surface area contributed by atoms with Crippen molar-refractivity contribution in [2.24, 2.45) is 0 Å². The lowest BCUT2D eigenvalue weighted by Gasteiger charge is -2.24. The van der Waals surface area contributed by atoms with Crippen LogP contribution in [0.25, 0.3) is 0 Å². The average molecular weight is 447 g/mol. The number of unbranched alkanes of at least 4 members (excludes halogenated alkanes) is 14. The van der Waals surface area contributed by atoms with Gasteiger partial charge in [-0.2, -0.15) is 0 Å². The van der Waals surface area contributed by atoms with Crippen LogP contribution in [0.2, 0.25) is 0 Å². The van der Waals surface area contributed by atoms with Gasteiger partial charge in [0.05, 0.1) is 13.2 Å². The molecule has 4 atom stereocenters. The maximum Gasteiger partial charge on any atom is 0.160 e. The van der Waals surface area contributed by atoms with Crippen molar-refractivity contribution in [1.29, 1.82) is 0 Å². The quantitative estimate of drug-likeness (QED) is 0.190. The van der Waals surface area contributed by atoms with Crippen LogP contribution < -0.4 is 0 Å². The normalized spacial score (nSPS) is 22.3. The van der Waals surface area contributed by atoms with E-state index in [0.29, 0.717) is 11.5 Å². The van der Waals surface area contributed by atoms with E-state index in [4.69, 9.17) is 26.8 Å². The Kier molecular flexibility index (Phi) is 17.0. The molecule has 0 radical (unpaired) electrons. The number of aliphatic hydroxyl groups excluding tert-OH is 3. The van der Waals surface area contributed by atoms with Gasteiger partial charge in [-0.15, -0.1) is 0 Å². The molecule has 30 heavy (non-hydrogen) atoms. The summed E-state index contributed by atoms with van der Waals surface area (Å²) in [6, 6.07) is 0. The highest BCUT2D eigenvalue weighted by Gasteiger charge is 2.42. The molecule has 0 unspecified atom stereocenters. The molecule has 1 aliphatic heterocycles. The molecule has 1 aliphatic rings. The minimum Gasteiger partial charge on any atom is -0.478 e. The maximum atomic E-state index is 9.95. The molecule has 178 valence electrons. The largest absolute Gasteiger partial charge is 0.478 e. The monoisotopic (exact) mass is 446 g/mol. The topological polar surface area (TPSA) is 79.2 Å². The minimum atomic E-state index is -1.07. The van der Waals surface area contributed by atoms with E-state index in [1.165, 1.54) is 83.5 Å². The summed E-state index contributed by atoms with van der Waals surface area (Å²) in [7, 11) is 0. The molecule has 0 aromatic heterocycles. The predicted molar refractivity (Wildman–Crippen MR) is 126 cm³/mol. The fourth-order valence-corrected chi connectivity index (χ4v) is 4.30. The second-order valence-electron chi connectivity index (χ2n) is 8.77. The maximum absolute atomic E-state index is 9.95. The smallest absolute Gasteiger partial charge is 0.160 e. The van der Waals surface area contributed by atoms with Gasteiger partial charge in [0.25, 0.3) is 0 Å². The van der Waals surface area contributed by atoms with Crippen LogP contribution in [0.5, 0.6) is 0 Å². The van der Waals surface area contributed by atoms with E-state index in [9.17, 15) is 10.2 Å². The van der Waals surface area contributed by atoms with Crippen molar-refractivity contribution in [2.45, 2.75) is 134 Å². The molecular formula is C24H46O5S. The second-order valence-corrected chi connectivity index (χ2v) is 9.22. The summed E-state index contributed by atoms with van der Waals surface area (Å²) in [5, 5.41) is 29.3. The third-order valence-corrected chi connectivity index (χ3v) is 6.28. The van der Waals surface area contributed by atoms with Crippen molar-refractivity contribution in [2.75, 3.05) is 13.2 Å². The number of thiocarbonyl (C=S) groups is 1. The lowest BCUT2D eigenvalue weighted by Crippen LogP contribution is -2.43. The van der Waals surface area contributed by atoms with Crippen LogP contribution in [-0.2, 0) is 9.47 Å². The third kappa shape index (κ3) is 12.6. The number of ether oxygens (including phenoxy) is 2. The first-order chi connectivity index (χ1) is 14.6. The van der Waals surface area contributed by atoms with Gasteiger partial charge < -0.3 is 24.8 Å². The zero-order chi connectivity index (χ0) is 22.0. The molecule has 1 heterocycles. The van der Waals surface area contributed by atoms with Gasteiger partial charge in [0, 0.05) is 6.42 Å². The van der Waals surface area contributed by atoms with E-state index >= 15 is 0 Å². The first kappa shape index (κ1) is 27.8. The van der Waals surface area contributed by atoms with Gasteiger partial charge in [-0.3, -0.25) is 0 Å². The molecular weight excluding hydrogens is 400 g/mol. The summed E-state index contributed by atoms with van der Waals surface area (Å²) in [4.78, 5) is 0. The molecule has 3 N–H and O–H groups in total. The Bertz CT molecular complexity index is 420. The van der Waals surface area contributed by atoms with E-state index in [2.05, 4.69) is 6.92 Å². The van der Waals surface area contributed by atoms with E-state index in [-0.39, 0.29) is 6.61 Å². The summed E-state index contributed by atoms with van der Waals surface area (Å²) in [5.41, 5.74) is 0. The van der Waals surface area contributed by atoms with Crippen molar-refractivity contribution < 1.29 is 24.8 Å². The van der Waals surface area contributed by atoms with Crippen molar-refractivity contribution in [3.8, 4) is 0 Å². The number of hydrogen-bond donors (Lipinski definition) is 3. The zero-order valence-electron chi connectivity index (χ0n) is 19.1. The van der Waals surface area contributed by atoms with Crippen LogP contribution >= 0.6 is 12.2 Å². The van der Waals surface area contributed by atoms with Crippen molar-refractivity contribution in [1.82, 2.24) is 0 Å². The fourth-order valence-electron chi connectivity index (χ4n) is 4.05. The molecule has 0 spiro atoms. The Hall–Kier alpha value is -0.270. The van der Waals surface area contributed by atoms with Gasteiger partial charge in [-0.1, -0.05) is 96.8 Å². The average Bonchev–Trinajstić information content (AvgIpc) is 3.10. The molecule has 1 fully saturated rings. The molecule has 0 aliphatic carbocycles. The molecule has 0 aromatic rings. The summed E-state index contributed by atoms with van der Waals surface area (Å²) >= 11 is 5.29. The van der Waals surface area contributed by atoms with Crippen molar-refractivity contribution in [3.05, 3.63) is 0 Å². The van der Waals surface area contributed by atoms with Crippen LogP contribution in [0.4, 0.5) is 0 Å². The second kappa shape index (κ2) is 18.3. The lowest BCUT2D eigenvalue weighted by atomic mass is 10.0. The summed E-state index contributed by atoms with van der Waals surface area (Å²) in [6.45, 7) is 1.93. The Balaban J connectivity index is 1.91. The summed E-state index contributed by atoms with van der Waals surface area (Å²) < 4.78 is 11.0. The van der Waals surface area contributed by atoms with Gasteiger partial charge >= 0.3 is 0 Å². The standard InChI is InChI=1S/C24H46O5S/c1-2-3-4-5-6-7-8-9-10-11-12-13-14-15-16-17-22(30)29-24-21(27)19-28-23(24)20(26)18-25/h20-21,23-27H,2-19H2,1H3/t20-,21+,23+,24+/m1/s1. The minimum absolute atomic E-state index is 0.0912. The molecule has 6 heteroatoms. The molecule has 5 nitrogen and oxygen atoms in total. The summed E-state index contributed by atoms with van der Waals surface area (Å²) in [5.74, 6) is 0. The van der Waals surface area contributed by atoms with Gasteiger partial charge in [0.2, 0.25) is 0 Å². The van der Waals surface area contributed by atoms with Crippen LogP contribution in [0.1, 0.15) is 110 Å². The van der Waals surface area contributed by atoms with Gasteiger partial charge in [0.15, 0.2) is 11.2 Å². The Morgan fingerprint density at radius 1 is 0.900 bits per heavy atom. The summed E-state index contributed by atoms with van der Waals surface area (Å²) in [6.07, 6.45) is 17.2. The first-order valence-electron chi connectivity index (χ1n) is 12.4. The molecule has 1 saturated heterocycles. The highest BCUT2D eigenvalue weighted by molar-refractivity contribution is 7.80. The molecule has 0 aromatic carbocycles. The van der Waals surface area contributed by atoms with Gasteiger partial charge in [-0.05, 0) is 18.6 Å². The Morgan fingerprint density at radius 2 is 1.37 bits per heavy atom. The molecule has 0 amide bonds. The van der Waals surface area contributed by atoms with E-state index in [1.807, 2.05) is 0 Å². The number of aliphatic hydroxyl groups is 3. The highest BCUT2D eigenvalue weighted by Crippen LogP contribution is 2.22. The first-order valence-corrected chi connectivity index (χ1v) is 12.8. The van der Waals surface area contributed by atoms with E-state index in [0.717, 1.165) is 12.8 Å².